The highest BCUT2D eigenvalue weighted by atomic mass is 32.1. The molecule has 0 aliphatic carbocycles. The zero-order valence-corrected chi connectivity index (χ0v) is 15.8. The minimum absolute atomic E-state index is 0.0357. The highest BCUT2D eigenvalue weighted by Gasteiger charge is 2.50. The Morgan fingerprint density at radius 2 is 2.24 bits per heavy atom. The van der Waals surface area contributed by atoms with Gasteiger partial charge in [0.15, 0.2) is 0 Å². The Balaban J connectivity index is 1.30. The number of nitrogens with zero attached hydrogens (tertiary/aromatic N) is 4. The summed E-state index contributed by atoms with van der Waals surface area (Å²) in [4.78, 5) is 28.3. The lowest BCUT2D eigenvalue weighted by Gasteiger charge is -2.55. The fourth-order valence-corrected chi connectivity index (χ4v) is 4.76. The van der Waals surface area contributed by atoms with Gasteiger partial charge in [-0.05, 0) is 26.8 Å². The molecule has 4 rings (SSSR count). The number of ether oxygens (including phenoxy) is 1. The highest BCUT2D eigenvalue weighted by Crippen LogP contribution is 2.33. The molecule has 0 bridgehead atoms. The number of hydroxylamine groups is 2. The first-order valence-electron chi connectivity index (χ1n) is 8.96. The summed E-state index contributed by atoms with van der Waals surface area (Å²) in [5, 5.41) is 1.53. The quantitative estimate of drug-likeness (QED) is 0.792. The number of carbonyl (C=O) groups excluding carboxylic acids is 1. The van der Waals surface area contributed by atoms with E-state index < -0.39 is 0 Å². The van der Waals surface area contributed by atoms with Crippen LogP contribution in [0.2, 0.25) is 0 Å². The van der Waals surface area contributed by atoms with Gasteiger partial charge in [0.1, 0.15) is 11.6 Å². The predicted molar refractivity (Wildman–Crippen MR) is 94.1 cm³/mol. The molecule has 138 valence electrons. The summed E-state index contributed by atoms with van der Waals surface area (Å²) in [6.45, 7) is 7.39. The molecule has 8 heteroatoms. The second-order valence-corrected chi connectivity index (χ2v) is 8.35. The van der Waals surface area contributed by atoms with Crippen molar-refractivity contribution in [2.75, 3.05) is 46.4 Å². The number of morpholine rings is 1. The molecule has 0 aromatic carbocycles. The van der Waals surface area contributed by atoms with Crippen molar-refractivity contribution in [2.45, 2.75) is 38.0 Å². The molecule has 7 nitrogen and oxygen atoms in total. The molecule has 3 saturated heterocycles. The van der Waals surface area contributed by atoms with Gasteiger partial charge in [0, 0.05) is 37.6 Å². The van der Waals surface area contributed by atoms with E-state index in [4.69, 9.17) is 9.57 Å². The number of aromatic nitrogens is 1. The van der Waals surface area contributed by atoms with Crippen molar-refractivity contribution in [3.05, 3.63) is 16.1 Å². The topological polar surface area (TPSA) is 58.1 Å². The Kier molecular flexibility index (Phi) is 4.81. The lowest BCUT2D eigenvalue weighted by Crippen LogP contribution is -2.72. The maximum atomic E-state index is 12.7. The summed E-state index contributed by atoms with van der Waals surface area (Å²) in [5.74, 6) is 0.0357. The molecule has 0 unspecified atom stereocenters. The SMILES string of the molecule is Cc1ncsc1CN1CC2(C1)CN(C)[C@@H](C(=O)N1CCCCO1)CO2. The summed E-state index contributed by atoms with van der Waals surface area (Å²) in [6, 6.07) is -0.235. The number of carbonyl (C=O) groups is 1. The molecule has 1 spiro atoms. The van der Waals surface area contributed by atoms with Crippen LogP contribution in [0.4, 0.5) is 0 Å². The average molecular weight is 366 g/mol. The molecule has 3 fully saturated rings. The molecular weight excluding hydrogens is 340 g/mol. The van der Waals surface area contributed by atoms with Crippen LogP contribution < -0.4 is 0 Å². The van der Waals surface area contributed by atoms with Gasteiger partial charge in [0.2, 0.25) is 0 Å². The van der Waals surface area contributed by atoms with E-state index in [9.17, 15) is 4.79 Å². The number of amides is 1. The molecule has 1 aromatic heterocycles. The second-order valence-electron chi connectivity index (χ2n) is 7.41. The first-order valence-corrected chi connectivity index (χ1v) is 9.84. The largest absolute Gasteiger partial charge is 0.369 e. The molecule has 1 amide bonds. The fourth-order valence-electron chi connectivity index (χ4n) is 3.94. The zero-order valence-electron chi connectivity index (χ0n) is 14.9. The molecule has 3 aliphatic rings. The van der Waals surface area contributed by atoms with E-state index >= 15 is 0 Å². The second kappa shape index (κ2) is 6.92. The van der Waals surface area contributed by atoms with Gasteiger partial charge in [-0.15, -0.1) is 11.3 Å². The normalized spacial score (nSPS) is 27.4. The molecule has 25 heavy (non-hydrogen) atoms. The number of hydrogen-bond donors (Lipinski definition) is 0. The van der Waals surface area contributed by atoms with E-state index in [1.54, 1.807) is 11.3 Å². The maximum absolute atomic E-state index is 12.7. The van der Waals surface area contributed by atoms with E-state index in [2.05, 4.69) is 21.7 Å². The molecule has 1 aromatic rings. The zero-order chi connectivity index (χ0) is 17.4. The van der Waals surface area contributed by atoms with E-state index in [0.717, 1.165) is 44.7 Å². The van der Waals surface area contributed by atoms with Gasteiger partial charge < -0.3 is 4.74 Å². The third kappa shape index (κ3) is 3.46. The van der Waals surface area contributed by atoms with Crippen LogP contribution in [0.5, 0.6) is 0 Å². The number of likely N-dealkylation sites (N-methyl/N-ethyl adjacent to an activating group) is 1. The van der Waals surface area contributed by atoms with Gasteiger partial charge in [-0.1, -0.05) is 0 Å². The van der Waals surface area contributed by atoms with Crippen LogP contribution in [0.3, 0.4) is 0 Å². The minimum Gasteiger partial charge on any atom is -0.369 e. The number of aryl methyl sites for hydroxylation is 1. The number of thiazole rings is 1. The van der Waals surface area contributed by atoms with E-state index in [1.165, 1.54) is 9.94 Å². The lowest BCUT2D eigenvalue weighted by molar-refractivity contribution is -0.224. The summed E-state index contributed by atoms with van der Waals surface area (Å²) >= 11 is 1.71. The molecule has 1 atom stereocenters. The molecular formula is C17H26N4O3S. The average Bonchev–Trinajstić information content (AvgIpc) is 2.99. The van der Waals surface area contributed by atoms with Crippen molar-refractivity contribution in [3.63, 3.8) is 0 Å². The van der Waals surface area contributed by atoms with Gasteiger partial charge in [0.05, 0.1) is 24.4 Å². The van der Waals surface area contributed by atoms with Crippen molar-refractivity contribution in [2.24, 2.45) is 0 Å². The van der Waals surface area contributed by atoms with E-state index in [1.807, 2.05) is 12.6 Å². The predicted octanol–water partition coefficient (Wildman–Crippen LogP) is 0.891. The Morgan fingerprint density at radius 1 is 1.40 bits per heavy atom. The maximum Gasteiger partial charge on any atom is 0.265 e. The van der Waals surface area contributed by atoms with E-state index in [-0.39, 0.29) is 17.6 Å². The van der Waals surface area contributed by atoms with Gasteiger partial charge >= 0.3 is 0 Å². The molecule has 0 radical (unpaired) electrons. The monoisotopic (exact) mass is 366 g/mol. The Labute approximate surface area is 152 Å². The van der Waals surface area contributed by atoms with Crippen LogP contribution in [0, 0.1) is 6.92 Å². The van der Waals surface area contributed by atoms with Gasteiger partial charge in [-0.2, -0.15) is 0 Å². The summed E-state index contributed by atoms with van der Waals surface area (Å²) in [5.41, 5.74) is 2.90. The first-order chi connectivity index (χ1) is 12.1. The van der Waals surface area contributed by atoms with Crippen molar-refractivity contribution in [3.8, 4) is 0 Å². The summed E-state index contributed by atoms with van der Waals surface area (Å²) in [7, 11) is 2.02. The van der Waals surface area contributed by atoms with Crippen LogP contribution in [-0.2, 0) is 20.9 Å². The number of rotatable bonds is 3. The number of likely N-dealkylation sites (tertiary alicyclic amines) is 1. The van der Waals surface area contributed by atoms with Crippen molar-refractivity contribution < 1.29 is 14.4 Å². The first kappa shape index (κ1) is 17.4. The van der Waals surface area contributed by atoms with Crippen LogP contribution in [0.15, 0.2) is 5.51 Å². The standard InChI is InChI=1S/C17H26N4O3S/c1-13-15(25-12-18-13)7-20-10-17(11-20)9-19(2)14(8-23-17)16(22)21-5-3-4-6-24-21/h12,14H,3-11H2,1-2H3/t14-/m1/s1. The van der Waals surface area contributed by atoms with Crippen LogP contribution in [-0.4, -0.2) is 83.8 Å². The van der Waals surface area contributed by atoms with Gasteiger partial charge in [-0.3, -0.25) is 19.4 Å². The third-order valence-electron chi connectivity index (χ3n) is 5.39. The fraction of sp³-hybridized carbons (Fsp3) is 0.765. The van der Waals surface area contributed by atoms with E-state index in [0.29, 0.717) is 19.8 Å². The Hall–Kier alpha value is -1.06. The molecule has 3 aliphatic heterocycles. The minimum atomic E-state index is -0.235. The molecule has 4 heterocycles. The summed E-state index contributed by atoms with van der Waals surface area (Å²) in [6.07, 6.45) is 2.04. The summed E-state index contributed by atoms with van der Waals surface area (Å²) < 4.78 is 6.18. The van der Waals surface area contributed by atoms with Crippen molar-refractivity contribution in [1.82, 2.24) is 19.8 Å². The highest BCUT2D eigenvalue weighted by molar-refractivity contribution is 7.09. The Morgan fingerprint density at radius 3 is 2.88 bits per heavy atom. The molecule has 0 saturated carbocycles. The number of hydrogen-bond acceptors (Lipinski definition) is 7. The smallest absolute Gasteiger partial charge is 0.265 e. The van der Waals surface area contributed by atoms with Crippen LogP contribution in [0.25, 0.3) is 0 Å². The van der Waals surface area contributed by atoms with Gasteiger partial charge in [-0.25, -0.2) is 10.0 Å². The van der Waals surface area contributed by atoms with Crippen molar-refractivity contribution >= 4 is 17.2 Å². The third-order valence-corrected chi connectivity index (χ3v) is 6.31. The molecule has 0 N–H and O–H groups in total. The Bertz CT molecular complexity index is 625. The van der Waals surface area contributed by atoms with Crippen LogP contribution in [0.1, 0.15) is 23.4 Å². The van der Waals surface area contributed by atoms with Crippen LogP contribution >= 0.6 is 11.3 Å². The lowest BCUT2D eigenvalue weighted by atomic mass is 9.90. The van der Waals surface area contributed by atoms with Gasteiger partial charge in [0.25, 0.3) is 5.91 Å². The van der Waals surface area contributed by atoms with Crippen molar-refractivity contribution in [1.29, 1.82) is 0 Å².